The van der Waals surface area contributed by atoms with Gasteiger partial charge in [0.15, 0.2) is 0 Å². The van der Waals surface area contributed by atoms with Gasteiger partial charge in [-0.25, -0.2) is 13.1 Å². The maximum atomic E-state index is 12.6. The summed E-state index contributed by atoms with van der Waals surface area (Å²) in [6.07, 6.45) is 1.71. The van der Waals surface area contributed by atoms with Gasteiger partial charge < -0.3 is 10.1 Å². The van der Waals surface area contributed by atoms with Crippen molar-refractivity contribution < 1.29 is 17.9 Å². The molecule has 2 N–H and O–H groups in total. The molecule has 1 aliphatic rings. The number of methoxy groups -OCH3 is 1. The molecule has 1 fully saturated rings. The SMILES string of the molecule is COc1ccc(S(=O)(=O)NC2CC2)cc1NC(=O)c1cc(C)cc(C)c1. The minimum atomic E-state index is -3.62. The molecular weight excluding hydrogens is 352 g/mol. The van der Waals surface area contributed by atoms with Crippen LogP contribution in [0.1, 0.15) is 34.3 Å². The molecule has 7 heteroatoms. The summed E-state index contributed by atoms with van der Waals surface area (Å²) in [5.74, 6) is 0.0768. The summed E-state index contributed by atoms with van der Waals surface area (Å²) >= 11 is 0. The van der Waals surface area contributed by atoms with Gasteiger partial charge in [0.25, 0.3) is 5.91 Å². The van der Waals surface area contributed by atoms with E-state index in [1.54, 1.807) is 18.2 Å². The van der Waals surface area contributed by atoms with Gasteiger partial charge in [-0.3, -0.25) is 4.79 Å². The average molecular weight is 374 g/mol. The third-order valence-corrected chi connectivity index (χ3v) is 5.63. The summed E-state index contributed by atoms with van der Waals surface area (Å²) in [5.41, 5.74) is 2.78. The highest BCUT2D eigenvalue weighted by molar-refractivity contribution is 7.89. The first kappa shape index (κ1) is 18.4. The molecule has 0 bridgehead atoms. The van der Waals surface area contributed by atoms with E-state index in [-0.39, 0.29) is 16.8 Å². The average Bonchev–Trinajstić information content (AvgIpc) is 3.37. The van der Waals surface area contributed by atoms with E-state index in [0.717, 1.165) is 24.0 Å². The molecule has 0 saturated heterocycles. The monoisotopic (exact) mass is 374 g/mol. The van der Waals surface area contributed by atoms with Gasteiger partial charge >= 0.3 is 0 Å². The molecule has 1 saturated carbocycles. The number of amides is 1. The molecule has 138 valence electrons. The fraction of sp³-hybridized carbons (Fsp3) is 0.316. The van der Waals surface area contributed by atoms with Crippen LogP contribution in [-0.2, 0) is 10.0 Å². The summed E-state index contributed by atoms with van der Waals surface area (Å²) in [6.45, 7) is 3.84. The lowest BCUT2D eigenvalue weighted by Gasteiger charge is -2.13. The fourth-order valence-corrected chi connectivity index (χ4v) is 4.07. The zero-order valence-corrected chi connectivity index (χ0v) is 15.8. The number of hydrogen-bond acceptors (Lipinski definition) is 4. The van der Waals surface area contributed by atoms with Crippen LogP contribution in [0.15, 0.2) is 41.3 Å². The Morgan fingerprint density at radius 3 is 2.31 bits per heavy atom. The van der Waals surface area contributed by atoms with Crippen LogP contribution in [0.25, 0.3) is 0 Å². The number of benzene rings is 2. The van der Waals surface area contributed by atoms with Crippen molar-refractivity contribution in [1.82, 2.24) is 4.72 Å². The molecule has 0 heterocycles. The van der Waals surface area contributed by atoms with Crippen LogP contribution < -0.4 is 14.8 Å². The van der Waals surface area contributed by atoms with Gasteiger partial charge in [-0.2, -0.15) is 0 Å². The van der Waals surface area contributed by atoms with Gasteiger partial charge in [0.05, 0.1) is 17.7 Å². The molecule has 6 nitrogen and oxygen atoms in total. The van der Waals surface area contributed by atoms with E-state index in [4.69, 9.17) is 4.74 Å². The molecule has 0 unspecified atom stereocenters. The predicted octanol–water partition coefficient (Wildman–Crippen LogP) is 3.01. The Morgan fingerprint density at radius 1 is 1.08 bits per heavy atom. The number of sulfonamides is 1. The smallest absolute Gasteiger partial charge is 0.255 e. The number of anilines is 1. The fourth-order valence-electron chi connectivity index (χ4n) is 2.74. The standard InChI is InChI=1S/C19H22N2O4S/c1-12-8-13(2)10-14(9-12)19(22)20-17-11-16(6-7-18(17)25-3)26(23,24)21-15-4-5-15/h6-11,15,21H,4-5H2,1-3H3,(H,20,22). The topological polar surface area (TPSA) is 84.5 Å². The number of aryl methyl sites for hydroxylation is 2. The van der Waals surface area contributed by atoms with Crippen molar-refractivity contribution in [2.45, 2.75) is 37.6 Å². The summed E-state index contributed by atoms with van der Waals surface area (Å²) in [6, 6.07) is 9.98. The van der Waals surface area contributed by atoms with Gasteiger partial charge in [0.2, 0.25) is 10.0 Å². The van der Waals surface area contributed by atoms with Gasteiger partial charge in [0, 0.05) is 11.6 Å². The van der Waals surface area contributed by atoms with E-state index in [1.165, 1.54) is 19.2 Å². The molecule has 0 aliphatic heterocycles. The van der Waals surface area contributed by atoms with Crippen molar-refractivity contribution in [3.63, 3.8) is 0 Å². The highest BCUT2D eigenvalue weighted by atomic mass is 32.2. The van der Waals surface area contributed by atoms with Crippen molar-refractivity contribution >= 4 is 21.6 Å². The van der Waals surface area contributed by atoms with E-state index < -0.39 is 10.0 Å². The molecule has 0 spiro atoms. The van der Waals surface area contributed by atoms with E-state index >= 15 is 0 Å². The van der Waals surface area contributed by atoms with Crippen LogP contribution in [0.4, 0.5) is 5.69 Å². The maximum absolute atomic E-state index is 12.6. The van der Waals surface area contributed by atoms with Crippen LogP contribution in [-0.4, -0.2) is 27.5 Å². The Morgan fingerprint density at radius 2 is 1.73 bits per heavy atom. The van der Waals surface area contributed by atoms with Gasteiger partial charge in [-0.15, -0.1) is 0 Å². The number of hydrogen-bond donors (Lipinski definition) is 2. The number of carbonyl (C=O) groups excluding carboxylic acids is 1. The lowest BCUT2D eigenvalue weighted by Crippen LogP contribution is -2.26. The Hall–Kier alpha value is -2.38. The highest BCUT2D eigenvalue weighted by Crippen LogP contribution is 2.29. The zero-order valence-electron chi connectivity index (χ0n) is 15.0. The van der Waals surface area contributed by atoms with E-state index in [1.807, 2.05) is 19.9 Å². The zero-order chi connectivity index (χ0) is 18.9. The van der Waals surface area contributed by atoms with Crippen LogP contribution in [0.3, 0.4) is 0 Å². The van der Waals surface area contributed by atoms with Gasteiger partial charge in [0.1, 0.15) is 5.75 Å². The van der Waals surface area contributed by atoms with Crippen molar-refractivity contribution in [3.8, 4) is 5.75 Å². The van der Waals surface area contributed by atoms with Crippen LogP contribution in [0.5, 0.6) is 5.75 Å². The number of rotatable bonds is 6. The minimum Gasteiger partial charge on any atom is -0.495 e. The third kappa shape index (κ3) is 4.23. The maximum Gasteiger partial charge on any atom is 0.255 e. The van der Waals surface area contributed by atoms with E-state index in [2.05, 4.69) is 10.0 Å². The van der Waals surface area contributed by atoms with E-state index in [0.29, 0.717) is 17.0 Å². The Balaban J connectivity index is 1.90. The largest absolute Gasteiger partial charge is 0.495 e. The lowest BCUT2D eigenvalue weighted by molar-refractivity contribution is 0.102. The van der Waals surface area contributed by atoms with Crippen LogP contribution in [0, 0.1) is 13.8 Å². The number of nitrogens with one attached hydrogen (secondary N) is 2. The lowest BCUT2D eigenvalue weighted by atomic mass is 10.1. The Labute approximate surface area is 153 Å². The molecule has 2 aromatic carbocycles. The molecule has 0 aromatic heterocycles. The summed E-state index contributed by atoms with van der Waals surface area (Å²) in [7, 11) is -2.14. The molecule has 2 aromatic rings. The van der Waals surface area contributed by atoms with Gasteiger partial charge in [-0.1, -0.05) is 17.2 Å². The molecule has 3 rings (SSSR count). The first-order chi connectivity index (χ1) is 12.3. The second kappa shape index (κ2) is 7.09. The molecule has 26 heavy (non-hydrogen) atoms. The van der Waals surface area contributed by atoms with Crippen LogP contribution >= 0.6 is 0 Å². The van der Waals surface area contributed by atoms with Crippen molar-refractivity contribution in [2.24, 2.45) is 0 Å². The summed E-state index contributed by atoms with van der Waals surface area (Å²) in [5, 5.41) is 2.76. The molecular formula is C19H22N2O4S. The first-order valence-electron chi connectivity index (χ1n) is 8.38. The normalized spacial score (nSPS) is 14.1. The van der Waals surface area contributed by atoms with Gasteiger partial charge in [-0.05, 0) is 57.0 Å². The Kier molecular flexibility index (Phi) is 5.02. The van der Waals surface area contributed by atoms with Crippen LogP contribution in [0.2, 0.25) is 0 Å². The van der Waals surface area contributed by atoms with Crippen molar-refractivity contribution in [1.29, 1.82) is 0 Å². The predicted molar refractivity (Wildman–Crippen MR) is 100 cm³/mol. The Bertz CT molecular complexity index is 930. The molecule has 0 atom stereocenters. The number of ether oxygens (including phenoxy) is 1. The highest BCUT2D eigenvalue weighted by Gasteiger charge is 2.28. The quantitative estimate of drug-likeness (QED) is 0.814. The number of carbonyl (C=O) groups is 1. The third-order valence-electron chi connectivity index (χ3n) is 4.11. The van der Waals surface area contributed by atoms with Crippen molar-refractivity contribution in [3.05, 3.63) is 53.1 Å². The summed E-state index contributed by atoms with van der Waals surface area (Å²) in [4.78, 5) is 12.7. The second-order valence-electron chi connectivity index (χ2n) is 6.59. The first-order valence-corrected chi connectivity index (χ1v) is 9.87. The summed E-state index contributed by atoms with van der Waals surface area (Å²) < 4.78 is 32.7. The van der Waals surface area contributed by atoms with E-state index in [9.17, 15) is 13.2 Å². The molecule has 1 aliphatic carbocycles. The van der Waals surface area contributed by atoms with Crippen molar-refractivity contribution in [2.75, 3.05) is 12.4 Å². The second-order valence-corrected chi connectivity index (χ2v) is 8.30. The molecule has 1 amide bonds. The minimum absolute atomic E-state index is 0.00964. The molecule has 0 radical (unpaired) electrons.